The molecule has 5 rings (SSSR count). The fourth-order valence-electron chi connectivity index (χ4n) is 4.06. The maximum absolute atomic E-state index is 2.30. The van der Waals surface area contributed by atoms with Crippen molar-refractivity contribution in [2.45, 2.75) is 0 Å². The van der Waals surface area contributed by atoms with Crippen LogP contribution in [0.1, 0.15) is 11.1 Å². The van der Waals surface area contributed by atoms with Crippen LogP contribution in [0.3, 0.4) is 0 Å². The van der Waals surface area contributed by atoms with Gasteiger partial charge in [-0.15, -0.1) is 0 Å². The summed E-state index contributed by atoms with van der Waals surface area (Å²) < 4.78 is 0. The zero-order valence-electron chi connectivity index (χ0n) is 11.1. The molecule has 0 spiro atoms. The summed E-state index contributed by atoms with van der Waals surface area (Å²) in [4.78, 5) is 0. The van der Waals surface area contributed by atoms with E-state index in [2.05, 4.69) is 72.9 Å². The summed E-state index contributed by atoms with van der Waals surface area (Å²) in [7, 11) is 0. The van der Waals surface area contributed by atoms with Crippen molar-refractivity contribution in [3.8, 4) is 0 Å². The first kappa shape index (κ1) is 10.4. The Morgan fingerprint density at radius 1 is 0.600 bits per heavy atom. The normalized spacial score (nSPS) is 27.8. The quantitative estimate of drug-likeness (QED) is 0.629. The first-order chi connectivity index (χ1) is 9.93. The molecule has 4 aliphatic carbocycles. The molecule has 94 valence electrons. The third kappa shape index (κ3) is 1.17. The fourth-order valence-corrected chi connectivity index (χ4v) is 4.06. The Bertz CT molecular complexity index is 737. The highest BCUT2D eigenvalue weighted by atomic mass is 14.4. The van der Waals surface area contributed by atoms with Crippen LogP contribution >= 0.6 is 0 Å². The van der Waals surface area contributed by atoms with E-state index in [0.29, 0.717) is 11.8 Å². The van der Waals surface area contributed by atoms with Crippen molar-refractivity contribution >= 4 is 11.1 Å². The Morgan fingerprint density at radius 2 is 1.10 bits per heavy atom. The molecule has 0 aliphatic heterocycles. The number of fused-ring (bicyclic) bond motifs is 3. The molecule has 1 aromatic rings. The molecule has 0 saturated carbocycles. The van der Waals surface area contributed by atoms with Crippen LogP contribution in [-0.4, -0.2) is 0 Å². The Morgan fingerprint density at radius 3 is 1.60 bits per heavy atom. The molecule has 0 saturated heterocycles. The fraction of sp³-hybridized carbons (Fsp3) is 0.100. The summed E-state index contributed by atoms with van der Waals surface area (Å²) in [5, 5.41) is 0. The molecule has 0 fully saturated rings. The van der Waals surface area contributed by atoms with Gasteiger partial charge in [0.1, 0.15) is 0 Å². The molecule has 0 bridgehead atoms. The van der Waals surface area contributed by atoms with E-state index in [1.165, 1.54) is 33.4 Å². The zero-order valence-corrected chi connectivity index (χ0v) is 11.1. The van der Waals surface area contributed by atoms with Gasteiger partial charge in [0.05, 0.1) is 0 Å². The monoisotopic (exact) mass is 254 g/mol. The molecule has 0 aromatic heterocycles. The SMILES string of the molecule is C1=CC2=CC=C3C=CC=C4c5ccccc5C(=C1)[C@@H]2[C@H]34. The van der Waals surface area contributed by atoms with Gasteiger partial charge in [0.25, 0.3) is 0 Å². The maximum Gasteiger partial charge on any atom is 0.0205 e. The summed E-state index contributed by atoms with van der Waals surface area (Å²) in [5.41, 5.74) is 8.69. The molecule has 0 N–H and O–H groups in total. The lowest BCUT2D eigenvalue weighted by Gasteiger charge is -2.43. The Kier molecular flexibility index (Phi) is 1.88. The van der Waals surface area contributed by atoms with Crippen molar-refractivity contribution in [2.75, 3.05) is 0 Å². The van der Waals surface area contributed by atoms with Gasteiger partial charge >= 0.3 is 0 Å². The van der Waals surface area contributed by atoms with Crippen LogP contribution in [0.15, 0.2) is 84.0 Å². The summed E-state index contributed by atoms with van der Waals surface area (Å²) in [6.07, 6.45) is 18.1. The third-order valence-corrected chi connectivity index (χ3v) is 4.87. The lowest BCUT2D eigenvalue weighted by Crippen LogP contribution is -2.29. The topological polar surface area (TPSA) is 0 Å². The highest BCUT2D eigenvalue weighted by Crippen LogP contribution is 2.55. The minimum atomic E-state index is 0.506. The van der Waals surface area contributed by atoms with Crippen molar-refractivity contribution < 1.29 is 0 Å². The number of hydrogen-bond donors (Lipinski definition) is 0. The summed E-state index contributed by atoms with van der Waals surface area (Å²) in [6.45, 7) is 0. The number of benzene rings is 1. The molecule has 0 heterocycles. The molecular weight excluding hydrogens is 240 g/mol. The molecule has 0 unspecified atom stereocenters. The lowest BCUT2D eigenvalue weighted by molar-refractivity contribution is 0.636. The van der Waals surface area contributed by atoms with E-state index in [1.54, 1.807) is 0 Å². The van der Waals surface area contributed by atoms with Gasteiger partial charge in [-0.3, -0.25) is 0 Å². The predicted octanol–water partition coefficient (Wildman–Crippen LogP) is 4.71. The zero-order chi connectivity index (χ0) is 13.1. The van der Waals surface area contributed by atoms with Crippen LogP contribution in [0.2, 0.25) is 0 Å². The van der Waals surface area contributed by atoms with Crippen molar-refractivity contribution in [2.24, 2.45) is 11.8 Å². The molecule has 4 aliphatic rings. The highest BCUT2D eigenvalue weighted by Gasteiger charge is 2.41. The Labute approximate surface area is 118 Å². The standard InChI is InChI=1S/C20H14/c1-2-8-16-15(7-1)17-9-3-5-13-11-12-14-6-4-10-18(16)20(14)19(13)17/h1-12,19-20H/t19-,20-/m1/s1. The number of hydrogen-bond acceptors (Lipinski definition) is 0. The predicted molar refractivity (Wildman–Crippen MR) is 83.8 cm³/mol. The van der Waals surface area contributed by atoms with Gasteiger partial charge in [-0.1, -0.05) is 72.9 Å². The van der Waals surface area contributed by atoms with Gasteiger partial charge in [-0.25, -0.2) is 0 Å². The molecule has 0 radical (unpaired) electrons. The number of allylic oxidation sites excluding steroid dienone is 12. The highest BCUT2D eigenvalue weighted by molar-refractivity contribution is 5.93. The average Bonchev–Trinajstić information content (AvgIpc) is 2.53. The van der Waals surface area contributed by atoms with Crippen LogP contribution in [0, 0.1) is 11.8 Å². The first-order valence-electron chi connectivity index (χ1n) is 7.21. The van der Waals surface area contributed by atoms with Crippen LogP contribution in [0.4, 0.5) is 0 Å². The van der Waals surface area contributed by atoms with Crippen molar-refractivity contribution in [3.63, 3.8) is 0 Å². The number of rotatable bonds is 0. The van der Waals surface area contributed by atoms with Crippen molar-refractivity contribution in [1.29, 1.82) is 0 Å². The second-order valence-electron chi connectivity index (χ2n) is 5.80. The maximum atomic E-state index is 2.30. The minimum absolute atomic E-state index is 0.506. The molecule has 0 amide bonds. The lowest BCUT2D eigenvalue weighted by atomic mass is 9.60. The molecule has 0 heteroatoms. The van der Waals surface area contributed by atoms with Gasteiger partial charge in [-0.2, -0.15) is 0 Å². The Balaban J connectivity index is 1.91. The third-order valence-electron chi connectivity index (χ3n) is 4.87. The Hall–Kier alpha value is -2.34. The van der Waals surface area contributed by atoms with E-state index in [4.69, 9.17) is 0 Å². The van der Waals surface area contributed by atoms with Crippen LogP contribution < -0.4 is 0 Å². The van der Waals surface area contributed by atoms with Gasteiger partial charge in [0, 0.05) is 11.8 Å². The summed E-state index contributed by atoms with van der Waals surface area (Å²) in [5.74, 6) is 1.01. The van der Waals surface area contributed by atoms with E-state index >= 15 is 0 Å². The van der Waals surface area contributed by atoms with E-state index in [1.807, 2.05) is 0 Å². The van der Waals surface area contributed by atoms with E-state index in [-0.39, 0.29) is 0 Å². The van der Waals surface area contributed by atoms with Gasteiger partial charge in [-0.05, 0) is 33.4 Å². The molecule has 1 aromatic carbocycles. The summed E-state index contributed by atoms with van der Waals surface area (Å²) in [6, 6.07) is 8.84. The van der Waals surface area contributed by atoms with E-state index < -0.39 is 0 Å². The molecule has 0 nitrogen and oxygen atoms in total. The van der Waals surface area contributed by atoms with Crippen LogP contribution in [0.25, 0.3) is 11.1 Å². The first-order valence-corrected chi connectivity index (χ1v) is 7.21. The molecule has 2 atom stereocenters. The molecule has 20 heavy (non-hydrogen) atoms. The van der Waals surface area contributed by atoms with E-state index in [9.17, 15) is 0 Å². The van der Waals surface area contributed by atoms with Gasteiger partial charge in [0.2, 0.25) is 0 Å². The van der Waals surface area contributed by atoms with E-state index in [0.717, 1.165) is 0 Å². The second kappa shape index (κ2) is 3.61. The van der Waals surface area contributed by atoms with Crippen molar-refractivity contribution in [3.05, 3.63) is 95.1 Å². The smallest absolute Gasteiger partial charge is 0.0205 e. The average molecular weight is 254 g/mol. The van der Waals surface area contributed by atoms with Gasteiger partial charge < -0.3 is 0 Å². The second-order valence-corrected chi connectivity index (χ2v) is 5.80. The van der Waals surface area contributed by atoms with Gasteiger partial charge in [0.15, 0.2) is 0 Å². The van der Waals surface area contributed by atoms with Crippen LogP contribution in [-0.2, 0) is 0 Å². The summed E-state index contributed by atoms with van der Waals surface area (Å²) >= 11 is 0. The minimum Gasteiger partial charge on any atom is -0.0617 e. The molecular formula is C20H14. The largest absolute Gasteiger partial charge is 0.0617 e. The van der Waals surface area contributed by atoms with Crippen LogP contribution in [0.5, 0.6) is 0 Å². The van der Waals surface area contributed by atoms with Crippen molar-refractivity contribution in [1.82, 2.24) is 0 Å².